The lowest BCUT2D eigenvalue weighted by molar-refractivity contribution is 0.0972. The highest BCUT2D eigenvalue weighted by molar-refractivity contribution is 6.17. The minimum Gasteiger partial charge on any atom is -0.343 e. The van der Waals surface area contributed by atoms with E-state index < -0.39 is 0 Å². The molecule has 0 saturated heterocycles. The number of carbonyl (C=O) groups is 2. The number of anilines is 1. The van der Waals surface area contributed by atoms with Gasteiger partial charge in [-0.15, -0.1) is 0 Å². The fraction of sp³-hybridized carbons (Fsp3) is 0.552. The summed E-state index contributed by atoms with van der Waals surface area (Å²) in [7, 11) is 0. The smallest absolute Gasteiger partial charge is 0.162 e. The van der Waals surface area contributed by atoms with Gasteiger partial charge in [0.15, 0.2) is 11.6 Å². The van der Waals surface area contributed by atoms with Crippen LogP contribution in [0.1, 0.15) is 125 Å². The second kappa shape index (κ2) is 12.7. The number of rotatable bonds is 15. The second-order valence-corrected chi connectivity index (χ2v) is 9.37. The van der Waals surface area contributed by atoms with Gasteiger partial charge in [-0.2, -0.15) is 0 Å². The Morgan fingerprint density at radius 2 is 1.30 bits per heavy atom. The number of hydrogen-bond acceptors (Lipinski definition) is 4. The standard InChI is InChI=1S/C29H40N2O2/c1-4-7-10-13-16-28-30-24-19-21(26(32)14-11-8-5-2)17-23-18-22(20-25(31-28)29(23)24)27(33)15-12-9-6-3/h17-20H,4-16H2,1-3H3,(H,30,31). The predicted octanol–water partition coefficient (Wildman–Crippen LogP) is 8.79. The Kier molecular flexibility index (Phi) is 9.65. The number of hydrogen-bond donors (Lipinski definition) is 1. The van der Waals surface area contributed by atoms with Crippen molar-refractivity contribution in [3.05, 3.63) is 35.4 Å². The zero-order valence-electron chi connectivity index (χ0n) is 20.8. The molecule has 0 aromatic heterocycles. The molecule has 33 heavy (non-hydrogen) atoms. The molecule has 0 amide bonds. The third kappa shape index (κ3) is 6.75. The maximum atomic E-state index is 12.9. The van der Waals surface area contributed by atoms with Crippen molar-refractivity contribution in [3.8, 4) is 0 Å². The summed E-state index contributed by atoms with van der Waals surface area (Å²) >= 11 is 0. The number of nitrogens with zero attached hydrogens (tertiary/aromatic N) is 1. The van der Waals surface area contributed by atoms with Gasteiger partial charge in [0, 0.05) is 35.8 Å². The molecule has 2 aromatic rings. The van der Waals surface area contributed by atoms with Gasteiger partial charge in [0.1, 0.15) is 5.84 Å². The van der Waals surface area contributed by atoms with Crippen LogP contribution in [-0.4, -0.2) is 17.4 Å². The van der Waals surface area contributed by atoms with Crippen LogP contribution in [0.3, 0.4) is 0 Å². The number of unbranched alkanes of at least 4 members (excludes halogenated alkanes) is 7. The molecule has 1 heterocycles. The number of carbonyl (C=O) groups excluding carboxylic acids is 2. The van der Waals surface area contributed by atoms with Crippen molar-refractivity contribution in [2.24, 2.45) is 4.99 Å². The van der Waals surface area contributed by atoms with E-state index in [4.69, 9.17) is 4.99 Å². The molecule has 4 nitrogen and oxygen atoms in total. The summed E-state index contributed by atoms with van der Waals surface area (Å²) in [5.74, 6) is 1.28. The molecule has 2 aromatic carbocycles. The van der Waals surface area contributed by atoms with Crippen molar-refractivity contribution < 1.29 is 9.59 Å². The highest BCUT2D eigenvalue weighted by atomic mass is 16.1. The van der Waals surface area contributed by atoms with E-state index in [0.29, 0.717) is 18.4 Å². The summed E-state index contributed by atoms with van der Waals surface area (Å²) in [5, 5.41) is 5.45. The number of amidine groups is 1. The van der Waals surface area contributed by atoms with Crippen molar-refractivity contribution >= 4 is 39.5 Å². The third-order valence-corrected chi connectivity index (χ3v) is 6.49. The number of benzene rings is 2. The first kappa shape index (κ1) is 25.1. The van der Waals surface area contributed by atoms with E-state index in [9.17, 15) is 9.59 Å². The molecule has 0 atom stereocenters. The summed E-state index contributed by atoms with van der Waals surface area (Å²) in [6.07, 6.45) is 12.9. The summed E-state index contributed by atoms with van der Waals surface area (Å²) in [6, 6.07) is 7.87. The SMILES string of the molecule is CCCCCCC1=Nc2cc(C(=O)CCCCC)cc3cc(C(=O)CCCCC)cc(c23)N1. The van der Waals surface area contributed by atoms with E-state index in [1.807, 2.05) is 24.3 Å². The quantitative estimate of drug-likeness (QED) is 0.219. The minimum absolute atomic E-state index is 0.168. The summed E-state index contributed by atoms with van der Waals surface area (Å²) < 4.78 is 0. The molecule has 3 rings (SSSR count). The predicted molar refractivity (Wildman–Crippen MR) is 140 cm³/mol. The fourth-order valence-corrected chi connectivity index (χ4v) is 4.53. The summed E-state index contributed by atoms with van der Waals surface area (Å²) in [4.78, 5) is 30.8. The first-order valence-electron chi connectivity index (χ1n) is 13.1. The Morgan fingerprint density at radius 3 is 1.91 bits per heavy atom. The zero-order chi connectivity index (χ0) is 23.6. The lowest BCUT2D eigenvalue weighted by Crippen LogP contribution is -2.16. The van der Waals surface area contributed by atoms with Gasteiger partial charge in [-0.25, -0.2) is 4.99 Å². The molecule has 1 aliphatic heterocycles. The van der Waals surface area contributed by atoms with E-state index in [-0.39, 0.29) is 11.6 Å². The first-order chi connectivity index (χ1) is 16.1. The number of aliphatic imine (C=N–C) groups is 1. The number of Topliss-reactive ketones (excluding diaryl/α,β-unsaturated/α-hetero) is 2. The van der Waals surface area contributed by atoms with Crippen LogP contribution in [0.25, 0.3) is 10.8 Å². The van der Waals surface area contributed by atoms with Crippen molar-refractivity contribution in [2.75, 3.05) is 5.32 Å². The maximum absolute atomic E-state index is 12.9. The van der Waals surface area contributed by atoms with E-state index in [0.717, 1.165) is 84.9 Å². The maximum Gasteiger partial charge on any atom is 0.162 e. The van der Waals surface area contributed by atoms with E-state index in [2.05, 4.69) is 26.1 Å². The Balaban J connectivity index is 1.95. The molecule has 0 unspecified atom stereocenters. The van der Waals surface area contributed by atoms with Crippen molar-refractivity contribution in [1.82, 2.24) is 0 Å². The van der Waals surface area contributed by atoms with Crippen LogP contribution in [0.15, 0.2) is 29.3 Å². The van der Waals surface area contributed by atoms with Gasteiger partial charge in [0.25, 0.3) is 0 Å². The molecule has 0 radical (unpaired) electrons. The monoisotopic (exact) mass is 448 g/mol. The Hall–Kier alpha value is -2.49. The van der Waals surface area contributed by atoms with Crippen LogP contribution in [0, 0.1) is 0 Å². The Bertz CT molecular complexity index is 1000. The highest BCUT2D eigenvalue weighted by Gasteiger charge is 2.20. The van der Waals surface area contributed by atoms with Crippen LogP contribution < -0.4 is 5.32 Å². The molecule has 0 fully saturated rings. The first-order valence-corrected chi connectivity index (χ1v) is 13.1. The van der Waals surface area contributed by atoms with Crippen molar-refractivity contribution in [1.29, 1.82) is 0 Å². The van der Waals surface area contributed by atoms with E-state index >= 15 is 0 Å². The molecule has 1 N–H and O–H groups in total. The largest absolute Gasteiger partial charge is 0.343 e. The number of ketones is 2. The summed E-state index contributed by atoms with van der Waals surface area (Å²) in [6.45, 7) is 6.51. The third-order valence-electron chi connectivity index (χ3n) is 6.49. The van der Waals surface area contributed by atoms with Gasteiger partial charge in [0.2, 0.25) is 0 Å². The molecule has 0 spiro atoms. The average molecular weight is 449 g/mol. The van der Waals surface area contributed by atoms with Crippen molar-refractivity contribution in [3.63, 3.8) is 0 Å². The normalized spacial score (nSPS) is 12.5. The van der Waals surface area contributed by atoms with Gasteiger partial charge < -0.3 is 5.32 Å². The van der Waals surface area contributed by atoms with E-state index in [1.165, 1.54) is 19.3 Å². The van der Waals surface area contributed by atoms with Crippen LogP contribution in [0.4, 0.5) is 11.4 Å². The van der Waals surface area contributed by atoms with Gasteiger partial charge in [-0.1, -0.05) is 65.7 Å². The van der Waals surface area contributed by atoms with Crippen LogP contribution >= 0.6 is 0 Å². The Labute approximate surface area is 199 Å². The molecule has 0 saturated carbocycles. The minimum atomic E-state index is 0.168. The Morgan fingerprint density at radius 1 is 0.727 bits per heavy atom. The molecule has 4 heteroatoms. The lowest BCUT2D eigenvalue weighted by atomic mass is 9.94. The van der Waals surface area contributed by atoms with E-state index in [1.54, 1.807) is 0 Å². The molecular formula is C29H40N2O2. The van der Waals surface area contributed by atoms with Gasteiger partial charge in [0.05, 0.1) is 11.4 Å². The van der Waals surface area contributed by atoms with Gasteiger partial charge in [-0.3, -0.25) is 9.59 Å². The summed E-state index contributed by atoms with van der Waals surface area (Å²) in [5.41, 5.74) is 3.25. The molecule has 0 bridgehead atoms. The van der Waals surface area contributed by atoms with Crippen LogP contribution in [0.5, 0.6) is 0 Å². The lowest BCUT2D eigenvalue weighted by Gasteiger charge is -2.21. The zero-order valence-corrected chi connectivity index (χ0v) is 20.8. The molecule has 178 valence electrons. The topological polar surface area (TPSA) is 58.5 Å². The van der Waals surface area contributed by atoms with Crippen LogP contribution in [0.2, 0.25) is 0 Å². The van der Waals surface area contributed by atoms with Gasteiger partial charge >= 0.3 is 0 Å². The molecular weight excluding hydrogens is 408 g/mol. The second-order valence-electron chi connectivity index (χ2n) is 9.37. The average Bonchev–Trinajstić information content (AvgIpc) is 2.81. The molecule has 0 aliphatic carbocycles. The highest BCUT2D eigenvalue weighted by Crippen LogP contribution is 2.39. The number of nitrogens with one attached hydrogen (secondary N) is 1. The van der Waals surface area contributed by atoms with Gasteiger partial charge in [-0.05, 0) is 48.9 Å². The molecule has 1 aliphatic rings. The fourth-order valence-electron chi connectivity index (χ4n) is 4.53. The van der Waals surface area contributed by atoms with Crippen LogP contribution in [-0.2, 0) is 0 Å². The van der Waals surface area contributed by atoms with Crippen molar-refractivity contribution in [2.45, 2.75) is 104 Å².